The summed E-state index contributed by atoms with van der Waals surface area (Å²) in [6.07, 6.45) is 6.58. The first kappa shape index (κ1) is 22.8. The molecular weight excluding hydrogens is 467 g/mol. The smallest absolute Gasteiger partial charge is 0.241 e. The van der Waals surface area contributed by atoms with E-state index in [0.717, 1.165) is 30.4 Å². The van der Waals surface area contributed by atoms with Crippen LogP contribution in [0, 0.1) is 5.41 Å². The molecule has 1 N–H and O–H groups in total. The second kappa shape index (κ2) is 10.3. The zero-order valence-corrected chi connectivity index (χ0v) is 19.6. The fraction of sp³-hybridized carbons (Fsp3) is 0.619. The molecule has 0 radical (unpaired) electrons. The maximum Gasteiger partial charge on any atom is 0.241 e. The molecule has 7 heteroatoms. The Labute approximate surface area is 185 Å². The fourth-order valence-corrected chi connectivity index (χ4v) is 4.13. The number of nitrogens with zero attached hydrogens (tertiary/aromatic N) is 3. The van der Waals surface area contributed by atoms with E-state index in [2.05, 4.69) is 10.2 Å². The minimum absolute atomic E-state index is 0. The molecule has 3 rings (SSSR count). The number of halogens is 1. The number of hydrogen-bond acceptors (Lipinski definition) is 3. The predicted octanol–water partition coefficient (Wildman–Crippen LogP) is 3.11. The molecule has 1 aromatic carbocycles. The number of aliphatic imine (C=N–C) groups is 1. The van der Waals surface area contributed by atoms with Crippen molar-refractivity contribution in [2.75, 3.05) is 40.8 Å². The van der Waals surface area contributed by atoms with Gasteiger partial charge in [-0.2, -0.15) is 0 Å². The van der Waals surface area contributed by atoms with E-state index < -0.39 is 0 Å². The molecule has 156 valence electrons. The molecule has 6 nitrogen and oxygen atoms in total. The van der Waals surface area contributed by atoms with Gasteiger partial charge in [-0.05, 0) is 42.4 Å². The number of ether oxygens (including phenoxy) is 1. The first-order valence-corrected chi connectivity index (χ1v) is 9.88. The maximum atomic E-state index is 12.0. The summed E-state index contributed by atoms with van der Waals surface area (Å²) >= 11 is 0. The van der Waals surface area contributed by atoms with E-state index in [1.54, 1.807) is 26.1 Å². The Morgan fingerprint density at radius 2 is 1.89 bits per heavy atom. The maximum absolute atomic E-state index is 12.0. The number of benzene rings is 1. The van der Waals surface area contributed by atoms with Crippen molar-refractivity contribution < 1.29 is 9.53 Å². The molecule has 1 saturated heterocycles. The average molecular weight is 500 g/mol. The second-order valence-electron chi connectivity index (χ2n) is 8.01. The van der Waals surface area contributed by atoms with Gasteiger partial charge >= 0.3 is 0 Å². The summed E-state index contributed by atoms with van der Waals surface area (Å²) in [5.41, 5.74) is 1.59. The number of amides is 1. The molecule has 1 amide bonds. The number of likely N-dealkylation sites (tertiary alicyclic amines) is 1. The van der Waals surface area contributed by atoms with Crippen LogP contribution in [0.15, 0.2) is 29.3 Å². The Morgan fingerprint density at radius 3 is 2.50 bits per heavy atom. The van der Waals surface area contributed by atoms with Gasteiger partial charge in [0.25, 0.3) is 0 Å². The summed E-state index contributed by atoms with van der Waals surface area (Å²) < 4.78 is 5.22. The molecule has 28 heavy (non-hydrogen) atoms. The highest BCUT2D eigenvalue weighted by atomic mass is 127. The number of likely N-dealkylation sites (N-methyl/N-ethyl adjacent to an activating group) is 1. The molecule has 0 unspecified atom stereocenters. The number of carbonyl (C=O) groups is 1. The highest BCUT2D eigenvalue weighted by Gasteiger charge is 2.41. The van der Waals surface area contributed by atoms with Crippen molar-refractivity contribution in [2.45, 2.75) is 38.6 Å². The summed E-state index contributed by atoms with van der Waals surface area (Å²) in [7, 11) is 5.23. The van der Waals surface area contributed by atoms with E-state index in [1.807, 2.05) is 24.3 Å². The number of rotatable bonds is 5. The largest absolute Gasteiger partial charge is 0.497 e. The van der Waals surface area contributed by atoms with Gasteiger partial charge in [-0.3, -0.25) is 4.79 Å². The lowest BCUT2D eigenvalue weighted by atomic mass is 9.86. The van der Waals surface area contributed by atoms with Gasteiger partial charge in [0.2, 0.25) is 5.91 Å². The average Bonchev–Trinajstić information content (AvgIpc) is 3.32. The standard InChI is InChI=1S/C21H32N4O2.HI/c1-24(2)19(26)15-23-20(22-14-17-6-8-18(27-3)9-7-17)25-13-12-21(16-25)10-4-5-11-21;/h6-9H,4-5,10-16H2,1-3H3,(H,22,23);1H. The lowest BCUT2D eigenvalue weighted by molar-refractivity contribution is -0.127. The highest BCUT2D eigenvalue weighted by Crippen LogP contribution is 2.45. The molecule has 1 saturated carbocycles. The quantitative estimate of drug-likeness (QED) is 0.384. The molecule has 1 aliphatic carbocycles. The van der Waals surface area contributed by atoms with Crippen LogP contribution in [0.3, 0.4) is 0 Å². The Bertz CT molecular complexity index is 669. The third kappa shape index (κ3) is 5.75. The van der Waals surface area contributed by atoms with Crippen molar-refractivity contribution in [1.82, 2.24) is 15.1 Å². The molecule has 0 atom stereocenters. The number of methoxy groups -OCH3 is 1. The third-order valence-corrected chi connectivity index (χ3v) is 5.87. The Kier molecular flexibility index (Phi) is 8.39. The Balaban J connectivity index is 0.00000280. The van der Waals surface area contributed by atoms with Gasteiger partial charge in [0.1, 0.15) is 5.75 Å². The van der Waals surface area contributed by atoms with Gasteiger partial charge in [-0.25, -0.2) is 4.99 Å². The van der Waals surface area contributed by atoms with Crippen LogP contribution in [-0.2, 0) is 11.3 Å². The molecule has 2 fully saturated rings. The van der Waals surface area contributed by atoms with Gasteiger partial charge in [0.05, 0.1) is 20.2 Å². The van der Waals surface area contributed by atoms with E-state index in [4.69, 9.17) is 9.73 Å². The van der Waals surface area contributed by atoms with E-state index >= 15 is 0 Å². The Morgan fingerprint density at radius 1 is 1.21 bits per heavy atom. The summed E-state index contributed by atoms with van der Waals surface area (Å²) in [6, 6.07) is 7.98. The van der Waals surface area contributed by atoms with Gasteiger partial charge in [-0.1, -0.05) is 25.0 Å². The Hall–Kier alpha value is -1.51. The molecule has 0 aromatic heterocycles. The number of guanidine groups is 1. The molecule has 2 aliphatic rings. The third-order valence-electron chi connectivity index (χ3n) is 5.87. The number of carbonyl (C=O) groups excluding carboxylic acids is 1. The lowest BCUT2D eigenvalue weighted by Crippen LogP contribution is -2.45. The summed E-state index contributed by atoms with van der Waals surface area (Å²) in [5, 5.41) is 3.30. The molecule has 0 bridgehead atoms. The van der Waals surface area contributed by atoms with Crippen molar-refractivity contribution in [3.05, 3.63) is 29.8 Å². The topological polar surface area (TPSA) is 57.2 Å². The zero-order valence-electron chi connectivity index (χ0n) is 17.2. The fourth-order valence-electron chi connectivity index (χ4n) is 4.13. The summed E-state index contributed by atoms with van der Waals surface area (Å²) in [6.45, 7) is 2.94. The molecule has 1 heterocycles. The van der Waals surface area contributed by atoms with Crippen LogP contribution in [0.5, 0.6) is 5.75 Å². The van der Waals surface area contributed by atoms with Crippen LogP contribution in [-0.4, -0.2) is 62.5 Å². The lowest BCUT2D eigenvalue weighted by Gasteiger charge is -2.26. The van der Waals surface area contributed by atoms with Crippen molar-refractivity contribution >= 4 is 35.8 Å². The summed E-state index contributed by atoms with van der Waals surface area (Å²) in [4.78, 5) is 20.8. The molecule has 1 aliphatic heterocycles. The van der Waals surface area contributed by atoms with Crippen LogP contribution in [0.25, 0.3) is 0 Å². The number of nitrogens with one attached hydrogen (secondary N) is 1. The van der Waals surface area contributed by atoms with Crippen molar-refractivity contribution in [1.29, 1.82) is 0 Å². The molecular formula is C21H33IN4O2. The van der Waals surface area contributed by atoms with Gasteiger partial charge in [0, 0.05) is 27.2 Å². The van der Waals surface area contributed by atoms with Gasteiger partial charge < -0.3 is 19.9 Å². The van der Waals surface area contributed by atoms with Crippen LogP contribution in [0.4, 0.5) is 0 Å². The molecule has 1 spiro atoms. The zero-order chi connectivity index (χ0) is 19.3. The van der Waals surface area contributed by atoms with E-state index in [0.29, 0.717) is 12.0 Å². The first-order chi connectivity index (χ1) is 13.0. The van der Waals surface area contributed by atoms with Crippen LogP contribution in [0.2, 0.25) is 0 Å². The summed E-state index contributed by atoms with van der Waals surface area (Å²) in [5.74, 6) is 1.76. The number of hydrogen-bond donors (Lipinski definition) is 1. The van der Waals surface area contributed by atoms with Gasteiger partial charge in [-0.15, -0.1) is 24.0 Å². The van der Waals surface area contributed by atoms with Crippen molar-refractivity contribution in [3.63, 3.8) is 0 Å². The minimum atomic E-state index is 0. The second-order valence-corrected chi connectivity index (χ2v) is 8.01. The van der Waals surface area contributed by atoms with Crippen molar-refractivity contribution in [2.24, 2.45) is 10.4 Å². The normalized spacial score (nSPS) is 18.1. The monoisotopic (exact) mass is 500 g/mol. The SMILES string of the molecule is COc1ccc(CN=C(NCC(=O)N(C)C)N2CCC3(CCCC3)C2)cc1.I. The van der Waals surface area contributed by atoms with Crippen molar-refractivity contribution in [3.8, 4) is 5.75 Å². The van der Waals surface area contributed by atoms with Crippen LogP contribution < -0.4 is 10.1 Å². The first-order valence-electron chi connectivity index (χ1n) is 9.88. The van der Waals surface area contributed by atoms with E-state index in [-0.39, 0.29) is 36.4 Å². The molecule has 1 aromatic rings. The minimum Gasteiger partial charge on any atom is -0.497 e. The van der Waals surface area contributed by atoms with Crippen LogP contribution >= 0.6 is 24.0 Å². The predicted molar refractivity (Wildman–Crippen MR) is 123 cm³/mol. The van der Waals surface area contributed by atoms with E-state index in [1.165, 1.54) is 32.1 Å². The van der Waals surface area contributed by atoms with Gasteiger partial charge in [0.15, 0.2) is 5.96 Å². The van der Waals surface area contributed by atoms with E-state index in [9.17, 15) is 4.79 Å². The highest BCUT2D eigenvalue weighted by molar-refractivity contribution is 14.0. The van der Waals surface area contributed by atoms with Crippen LogP contribution in [0.1, 0.15) is 37.7 Å².